The van der Waals surface area contributed by atoms with E-state index in [0.717, 1.165) is 25.7 Å². The van der Waals surface area contributed by atoms with Crippen LogP contribution in [0.1, 0.15) is 66.7 Å². The topological polar surface area (TPSA) is 24.5 Å². The summed E-state index contributed by atoms with van der Waals surface area (Å²) in [7, 11) is 0. The van der Waals surface area contributed by atoms with Crippen LogP contribution < -0.4 is 5.32 Å². The fraction of sp³-hybridized carbons (Fsp3) is 1.00. The van der Waals surface area contributed by atoms with Crippen LogP contribution in [0.3, 0.4) is 0 Å². The van der Waals surface area contributed by atoms with Gasteiger partial charge in [-0.1, -0.05) is 19.3 Å². The molecule has 2 fully saturated rings. The minimum Gasteiger partial charge on any atom is -0.367 e. The standard InChI is InChI=1S/C17H34N2O/c1-14(11-18-15-9-7-6-8-10-15)19-12-16(2,3)20-17(4,5)13-19/h14-15,18H,6-13H2,1-5H3. The van der Waals surface area contributed by atoms with E-state index in [1.54, 1.807) is 0 Å². The monoisotopic (exact) mass is 282 g/mol. The molecule has 0 aromatic heterocycles. The molecule has 0 radical (unpaired) electrons. The van der Waals surface area contributed by atoms with E-state index in [2.05, 4.69) is 44.8 Å². The molecule has 1 atom stereocenters. The number of nitrogens with zero attached hydrogens (tertiary/aromatic N) is 1. The van der Waals surface area contributed by atoms with Crippen LogP contribution >= 0.6 is 0 Å². The smallest absolute Gasteiger partial charge is 0.0760 e. The Morgan fingerprint density at radius 3 is 2.15 bits per heavy atom. The summed E-state index contributed by atoms with van der Waals surface area (Å²) in [5, 5.41) is 3.79. The number of hydrogen-bond donors (Lipinski definition) is 1. The van der Waals surface area contributed by atoms with Gasteiger partial charge in [0.15, 0.2) is 0 Å². The fourth-order valence-corrected chi connectivity index (χ4v) is 3.93. The van der Waals surface area contributed by atoms with Gasteiger partial charge in [-0.05, 0) is 47.5 Å². The first-order valence-electron chi connectivity index (χ1n) is 8.45. The molecule has 20 heavy (non-hydrogen) atoms. The maximum atomic E-state index is 6.17. The third-order valence-electron chi connectivity index (χ3n) is 4.65. The molecule has 2 rings (SSSR count). The Labute approximate surface area is 125 Å². The van der Waals surface area contributed by atoms with Gasteiger partial charge in [0.05, 0.1) is 11.2 Å². The second kappa shape index (κ2) is 6.33. The first kappa shape index (κ1) is 16.3. The van der Waals surface area contributed by atoms with E-state index in [1.165, 1.54) is 32.1 Å². The van der Waals surface area contributed by atoms with Gasteiger partial charge < -0.3 is 10.1 Å². The van der Waals surface area contributed by atoms with Gasteiger partial charge in [0.25, 0.3) is 0 Å². The third kappa shape index (κ3) is 4.71. The Morgan fingerprint density at radius 1 is 1.05 bits per heavy atom. The summed E-state index contributed by atoms with van der Waals surface area (Å²) in [5.74, 6) is 0. The summed E-state index contributed by atoms with van der Waals surface area (Å²) in [5.41, 5.74) is -0.0816. The Bertz CT molecular complexity index is 292. The molecule has 118 valence electrons. The van der Waals surface area contributed by atoms with E-state index in [9.17, 15) is 0 Å². The molecule has 1 N–H and O–H groups in total. The predicted molar refractivity (Wildman–Crippen MR) is 85.2 cm³/mol. The Kier molecular flexibility index (Phi) is 5.14. The molecule has 1 aliphatic heterocycles. The van der Waals surface area contributed by atoms with Crippen LogP contribution in [0.25, 0.3) is 0 Å². The maximum Gasteiger partial charge on any atom is 0.0760 e. The van der Waals surface area contributed by atoms with Gasteiger partial charge in [-0.25, -0.2) is 0 Å². The number of morpholine rings is 1. The van der Waals surface area contributed by atoms with Gasteiger partial charge in [-0.15, -0.1) is 0 Å². The summed E-state index contributed by atoms with van der Waals surface area (Å²) in [6, 6.07) is 1.34. The SMILES string of the molecule is CC(CNC1CCCCC1)N1CC(C)(C)OC(C)(C)C1. The number of nitrogens with one attached hydrogen (secondary N) is 1. The van der Waals surface area contributed by atoms with Crippen molar-refractivity contribution in [3.8, 4) is 0 Å². The van der Waals surface area contributed by atoms with Crippen LogP contribution in [0.2, 0.25) is 0 Å². The molecule has 3 nitrogen and oxygen atoms in total. The largest absolute Gasteiger partial charge is 0.367 e. The Balaban J connectivity index is 1.83. The van der Waals surface area contributed by atoms with Crippen LogP contribution in [0.15, 0.2) is 0 Å². The van der Waals surface area contributed by atoms with E-state index in [1.807, 2.05) is 0 Å². The van der Waals surface area contributed by atoms with Crippen LogP contribution in [0, 0.1) is 0 Å². The van der Waals surface area contributed by atoms with E-state index < -0.39 is 0 Å². The summed E-state index contributed by atoms with van der Waals surface area (Å²) < 4.78 is 6.17. The van der Waals surface area contributed by atoms with Crippen LogP contribution in [-0.2, 0) is 4.74 Å². The molecule has 1 saturated heterocycles. The van der Waals surface area contributed by atoms with E-state index >= 15 is 0 Å². The fourth-order valence-electron chi connectivity index (χ4n) is 3.93. The van der Waals surface area contributed by atoms with Crippen molar-refractivity contribution in [2.45, 2.75) is 90.0 Å². The predicted octanol–water partition coefficient (Wildman–Crippen LogP) is 3.19. The lowest BCUT2D eigenvalue weighted by Gasteiger charge is -2.49. The van der Waals surface area contributed by atoms with E-state index in [0.29, 0.717) is 6.04 Å². The first-order valence-corrected chi connectivity index (χ1v) is 8.45. The molecule has 0 amide bonds. The number of ether oxygens (including phenoxy) is 1. The summed E-state index contributed by atoms with van der Waals surface area (Å²) in [4.78, 5) is 2.60. The highest BCUT2D eigenvalue weighted by Gasteiger charge is 2.39. The van der Waals surface area contributed by atoms with Crippen molar-refractivity contribution in [1.82, 2.24) is 10.2 Å². The highest BCUT2D eigenvalue weighted by molar-refractivity contribution is 4.91. The lowest BCUT2D eigenvalue weighted by Crippen LogP contribution is -2.60. The molecule has 0 aromatic rings. The molecule has 1 saturated carbocycles. The highest BCUT2D eigenvalue weighted by Crippen LogP contribution is 2.29. The Morgan fingerprint density at radius 2 is 1.60 bits per heavy atom. The van der Waals surface area contributed by atoms with Gasteiger partial charge in [0.1, 0.15) is 0 Å². The van der Waals surface area contributed by atoms with Gasteiger partial charge in [-0.3, -0.25) is 4.90 Å². The lowest BCUT2D eigenvalue weighted by molar-refractivity contribution is -0.186. The average molecular weight is 282 g/mol. The molecule has 2 aliphatic rings. The quantitative estimate of drug-likeness (QED) is 0.857. The van der Waals surface area contributed by atoms with Gasteiger partial charge >= 0.3 is 0 Å². The molecular formula is C17H34N2O. The zero-order valence-corrected chi connectivity index (χ0v) is 14.2. The minimum atomic E-state index is -0.0408. The zero-order chi connectivity index (χ0) is 14.8. The maximum absolute atomic E-state index is 6.17. The number of hydrogen-bond acceptors (Lipinski definition) is 3. The van der Waals surface area contributed by atoms with Crippen molar-refractivity contribution in [1.29, 1.82) is 0 Å². The zero-order valence-electron chi connectivity index (χ0n) is 14.2. The summed E-state index contributed by atoms with van der Waals surface area (Å²) in [6.07, 6.45) is 6.98. The van der Waals surface area contributed by atoms with Crippen LogP contribution in [0.5, 0.6) is 0 Å². The Hall–Kier alpha value is -0.120. The van der Waals surface area contributed by atoms with Crippen molar-refractivity contribution >= 4 is 0 Å². The third-order valence-corrected chi connectivity index (χ3v) is 4.65. The normalized spacial score (nSPS) is 29.2. The molecule has 1 unspecified atom stereocenters. The second-order valence-corrected chi connectivity index (χ2v) is 8.12. The van der Waals surface area contributed by atoms with Gasteiger partial charge in [0.2, 0.25) is 0 Å². The van der Waals surface area contributed by atoms with Gasteiger partial charge in [-0.2, -0.15) is 0 Å². The van der Waals surface area contributed by atoms with Crippen LogP contribution in [0.4, 0.5) is 0 Å². The average Bonchev–Trinajstić information content (AvgIpc) is 2.33. The molecule has 0 aromatic carbocycles. The minimum absolute atomic E-state index is 0.0408. The molecule has 1 aliphatic carbocycles. The molecular weight excluding hydrogens is 248 g/mol. The van der Waals surface area contributed by atoms with Crippen molar-refractivity contribution in [2.24, 2.45) is 0 Å². The highest BCUT2D eigenvalue weighted by atomic mass is 16.5. The first-order chi connectivity index (χ1) is 9.27. The summed E-state index contributed by atoms with van der Waals surface area (Å²) in [6.45, 7) is 14.4. The molecule has 0 bridgehead atoms. The number of rotatable bonds is 4. The van der Waals surface area contributed by atoms with Crippen molar-refractivity contribution in [3.63, 3.8) is 0 Å². The van der Waals surface area contributed by atoms with E-state index in [4.69, 9.17) is 4.74 Å². The van der Waals surface area contributed by atoms with Crippen molar-refractivity contribution < 1.29 is 4.74 Å². The van der Waals surface area contributed by atoms with Crippen molar-refractivity contribution in [3.05, 3.63) is 0 Å². The van der Waals surface area contributed by atoms with Gasteiger partial charge in [0, 0.05) is 31.7 Å². The van der Waals surface area contributed by atoms with E-state index in [-0.39, 0.29) is 11.2 Å². The van der Waals surface area contributed by atoms with Crippen molar-refractivity contribution in [2.75, 3.05) is 19.6 Å². The summed E-state index contributed by atoms with van der Waals surface area (Å²) >= 11 is 0. The molecule has 0 spiro atoms. The molecule has 3 heteroatoms. The lowest BCUT2D eigenvalue weighted by atomic mass is 9.95. The van der Waals surface area contributed by atoms with Crippen LogP contribution in [-0.4, -0.2) is 47.8 Å². The molecule has 1 heterocycles. The second-order valence-electron chi connectivity index (χ2n) is 8.12.